The van der Waals surface area contributed by atoms with E-state index in [9.17, 15) is 8.78 Å². The predicted molar refractivity (Wildman–Crippen MR) is 69.9 cm³/mol. The minimum atomic E-state index is -0.668. The van der Waals surface area contributed by atoms with Gasteiger partial charge in [0, 0.05) is 0 Å². The van der Waals surface area contributed by atoms with Gasteiger partial charge in [0.25, 0.3) is 0 Å². The molecule has 100 valence electrons. The van der Waals surface area contributed by atoms with Gasteiger partial charge in [-0.2, -0.15) is 5.26 Å². The Morgan fingerprint density at radius 2 is 1.75 bits per heavy atom. The molecular weight excluding hydrogens is 262 g/mol. The summed E-state index contributed by atoms with van der Waals surface area (Å²) in [6, 6.07) is 12.3. The van der Waals surface area contributed by atoms with E-state index in [1.54, 1.807) is 24.3 Å². The van der Waals surface area contributed by atoms with E-state index in [2.05, 4.69) is 5.16 Å². The van der Waals surface area contributed by atoms with E-state index in [-0.39, 0.29) is 12.2 Å². The highest BCUT2D eigenvalue weighted by Crippen LogP contribution is 2.13. The Morgan fingerprint density at radius 1 is 1.10 bits per heavy atom. The van der Waals surface area contributed by atoms with Crippen molar-refractivity contribution in [3.8, 4) is 6.07 Å². The summed E-state index contributed by atoms with van der Waals surface area (Å²) in [5.41, 5.74) is 1.10. The van der Waals surface area contributed by atoms with Crippen LogP contribution in [0.5, 0.6) is 0 Å². The molecule has 2 rings (SSSR count). The van der Waals surface area contributed by atoms with Crippen LogP contribution in [0.1, 0.15) is 16.7 Å². The molecule has 0 saturated heterocycles. The van der Waals surface area contributed by atoms with Crippen molar-refractivity contribution in [2.24, 2.45) is 5.16 Å². The van der Waals surface area contributed by atoms with Crippen molar-refractivity contribution < 1.29 is 13.6 Å². The van der Waals surface area contributed by atoms with Crippen LogP contribution >= 0.6 is 0 Å². The Bertz CT molecular complexity index is 640. The first kappa shape index (κ1) is 13.7. The molecule has 20 heavy (non-hydrogen) atoms. The van der Waals surface area contributed by atoms with Crippen molar-refractivity contribution in [1.82, 2.24) is 0 Å². The molecule has 0 bridgehead atoms. The molecule has 0 fully saturated rings. The Hall–Kier alpha value is -2.74. The Labute approximate surface area is 114 Å². The molecule has 0 spiro atoms. The zero-order valence-corrected chi connectivity index (χ0v) is 10.4. The molecule has 0 N–H and O–H groups in total. The monoisotopic (exact) mass is 272 g/mol. The highest BCUT2D eigenvalue weighted by atomic mass is 19.1. The van der Waals surface area contributed by atoms with Crippen molar-refractivity contribution in [2.45, 2.75) is 6.61 Å². The molecule has 0 saturated carbocycles. The first-order valence-electron chi connectivity index (χ1n) is 5.79. The van der Waals surface area contributed by atoms with Crippen LogP contribution in [0.4, 0.5) is 8.78 Å². The van der Waals surface area contributed by atoms with Crippen molar-refractivity contribution >= 4 is 6.21 Å². The van der Waals surface area contributed by atoms with Gasteiger partial charge in [-0.15, -0.1) is 0 Å². The lowest BCUT2D eigenvalue weighted by atomic mass is 10.2. The number of hydrogen-bond acceptors (Lipinski definition) is 3. The second kappa shape index (κ2) is 6.43. The maximum atomic E-state index is 13.3. The summed E-state index contributed by atoms with van der Waals surface area (Å²) in [7, 11) is 0. The topological polar surface area (TPSA) is 45.4 Å². The highest BCUT2D eigenvalue weighted by Gasteiger charge is 2.07. The third-order valence-corrected chi connectivity index (χ3v) is 2.59. The molecule has 3 nitrogen and oxygen atoms in total. The molecule has 0 aliphatic heterocycles. The van der Waals surface area contributed by atoms with Crippen molar-refractivity contribution in [3.63, 3.8) is 0 Å². The SMILES string of the molecule is N#Cc1ccc(C=NOCc2c(F)cccc2F)cc1. The average molecular weight is 272 g/mol. The summed E-state index contributed by atoms with van der Waals surface area (Å²) < 4.78 is 26.6. The Morgan fingerprint density at radius 3 is 2.35 bits per heavy atom. The molecule has 0 aliphatic carbocycles. The first-order chi connectivity index (χ1) is 9.70. The minimum absolute atomic E-state index is 0.163. The maximum absolute atomic E-state index is 13.3. The fourth-order valence-electron chi connectivity index (χ4n) is 1.51. The zero-order chi connectivity index (χ0) is 14.4. The van der Waals surface area contributed by atoms with Crippen molar-refractivity contribution in [3.05, 3.63) is 70.8 Å². The number of nitriles is 1. The van der Waals surface area contributed by atoms with Gasteiger partial charge in [-0.1, -0.05) is 23.4 Å². The number of hydrogen-bond donors (Lipinski definition) is 0. The van der Waals surface area contributed by atoms with Gasteiger partial charge in [0.15, 0.2) is 0 Å². The van der Waals surface area contributed by atoms with E-state index in [1.165, 1.54) is 12.3 Å². The van der Waals surface area contributed by atoms with Crippen LogP contribution < -0.4 is 0 Å². The number of benzene rings is 2. The summed E-state index contributed by atoms with van der Waals surface area (Å²) in [4.78, 5) is 4.87. The summed E-state index contributed by atoms with van der Waals surface area (Å²) in [5, 5.41) is 12.3. The third-order valence-electron chi connectivity index (χ3n) is 2.59. The molecule has 2 aromatic carbocycles. The van der Waals surface area contributed by atoms with E-state index in [0.29, 0.717) is 5.56 Å². The molecule has 0 radical (unpaired) electrons. The van der Waals surface area contributed by atoms with Gasteiger partial charge in [-0.05, 0) is 29.8 Å². The van der Waals surface area contributed by atoms with Gasteiger partial charge in [-0.25, -0.2) is 8.78 Å². The molecule has 0 aromatic heterocycles. The van der Waals surface area contributed by atoms with E-state index < -0.39 is 11.6 Å². The van der Waals surface area contributed by atoms with Gasteiger partial charge in [0.1, 0.15) is 18.2 Å². The smallest absolute Gasteiger partial charge is 0.147 e. The average Bonchev–Trinajstić information content (AvgIpc) is 2.46. The summed E-state index contributed by atoms with van der Waals surface area (Å²) >= 11 is 0. The number of oxime groups is 1. The van der Waals surface area contributed by atoms with Crippen LogP contribution in [0, 0.1) is 23.0 Å². The van der Waals surface area contributed by atoms with Crippen molar-refractivity contribution in [1.29, 1.82) is 5.26 Å². The molecule has 5 heteroatoms. The summed E-state index contributed by atoms with van der Waals surface area (Å²) in [5.74, 6) is -1.34. The van der Waals surface area contributed by atoms with E-state index >= 15 is 0 Å². The van der Waals surface area contributed by atoms with Crippen LogP contribution in [0.2, 0.25) is 0 Å². The zero-order valence-electron chi connectivity index (χ0n) is 10.4. The number of halogens is 2. The lowest BCUT2D eigenvalue weighted by Crippen LogP contribution is -1.96. The molecule has 0 atom stereocenters. The van der Waals surface area contributed by atoms with Crippen LogP contribution in [-0.4, -0.2) is 6.21 Å². The molecule has 0 unspecified atom stereocenters. The lowest BCUT2D eigenvalue weighted by Gasteiger charge is -2.02. The van der Waals surface area contributed by atoms with Gasteiger partial charge in [0.05, 0.1) is 23.4 Å². The van der Waals surface area contributed by atoms with E-state index in [0.717, 1.165) is 17.7 Å². The minimum Gasteiger partial charge on any atom is -0.391 e. The quantitative estimate of drug-likeness (QED) is 0.632. The molecular formula is C15H10F2N2O. The summed E-state index contributed by atoms with van der Waals surface area (Å²) in [6.45, 7) is -0.286. The molecule has 2 aromatic rings. The van der Waals surface area contributed by atoms with Crippen LogP contribution in [0.15, 0.2) is 47.6 Å². The van der Waals surface area contributed by atoms with Crippen LogP contribution in [-0.2, 0) is 11.4 Å². The van der Waals surface area contributed by atoms with Gasteiger partial charge >= 0.3 is 0 Å². The molecule has 0 aliphatic rings. The lowest BCUT2D eigenvalue weighted by molar-refractivity contribution is 0.126. The second-order valence-corrected chi connectivity index (χ2v) is 3.94. The number of nitrogens with zero attached hydrogens (tertiary/aromatic N) is 2. The standard InChI is InChI=1S/C15H10F2N2O/c16-14-2-1-3-15(17)13(14)10-20-19-9-12-6-4-11(8-18)5-7-12/h1-7,9H,10H2. The predicted octanol–water partition coefficient (Wildman–Crippen LogP) is 3.39. The third kappa shape index (κ3) is 3.39. The maximum Gasteiger partial charge on any atom is 0.147 e. The Kier molecular flexibility index (Phi) is 4.40. The van der Waals surface area contributed by atoms with E-state index in [4.69, 9.17) is 10.1 Å². The number of rotatable bonds is 4. The summed E-state index contributed by atoms with van der Waals surface area (Å²) in [6.07, 6.45) is 1.40. The highest BCUT2D eigenvalue weighted by molar-refractivity contribution is 5.79. The molecule has 0 amide bonds. The van der Waals surface area contributed by atoms with Crippen LogP contribution in [0.3, 0.4) is 0 Å². The van der Waals surface area contributed by atoms with E-state index in [1.807, 2.05) is 6.07 Å². The van der Waals surface area contributed by atoms with Gasteiger partial charge < -0.3 is 4.84 Å². The largest absolute Gasteiger partial charge is 0.391 e. The van der Waals surface area contributed by atoms with Gasteiger partial charge in [-0.3, -0.25) is 0 Å². The normalized spacial score (nSPS) is 10.4. The first-order valence-corrected chi connectivity index (χ1v) is 5.79. The fourth-order valence-corrected chi connectivity index (χ4v) is 1.51. The fraction of sp³-hybridized carbons (Fsp3) is 0.0667. The second-order valence-electron chi connectivity index (χ2n) is 3.94. The van der Waals surface area contributed by atoms with Crippen LogP contribution in [0.25, 0.3) is 0 Å². The van der Waals surface area contributed by atoms with Crippen molar-refractivity contribution in [2.75, 3.05) is 0 Å². The molecule has 0 heterocycles. The van der Waals surface area contributed by atoms with Gasteiger partial charge in [0.2, 0.25) is 0 Å². The Balaban J connectivity index is 1.95.